The van der Waals surface area contributed by atoms with Crippen molar-refractivity contribution in [3.63, 3.8) is 0 Å². The van der Waals surface area contributed by atoms with Crippen molar-refractivity contribution in [3.05, 3.63) is 11.6 Å². The first-order chi connectivity index (χ1) is 4.02. The maximum Gasteiger partial charge on any atom is -0.0107 e. The van der Waals surface area contributed by atoms with Crippen molar-refractivity contribution in [2.75, 3.05) is 0 Å². The molecule has 0 aliphatic heterocycles. The third-order valence-electron chi connectivity index (χ3n) is 1.91. The van der Waals surface area contributed by atoms with Gasteiger partial charge >= 0.3 is 0 Å². The summed E-state index contributed by atoms with van der Waals surface area (Å²) in [5.74, 6) is 0.738. The van der Waals surface area contributed by atoms with Crippen LogP contribution in [0.1, 0.15) is 34.1 Å². The van der Waals surface area contributed by atoms with Crippen LogP contribution in [-0.4, -0.2) is 0 Å². The lowest BCUT2D eigenvalue weighted by Crippen LogP contribution is -1.82. The largest absolute Gasteiger partial charge is 0.0822 e. The van der Waals surface area contributed by atoms with Gasteiger partial charge in [0.15, 0.2) is 0 Å². The minimum atomic E-state index is 0.560. The Labute approximate surface area is 58.0 Å². The van der Waals surface area contributed by atoms with E-state index in [9.17, 15) is 0 Å². The first-order valence-corrected chi connectivity index (χ1v) is 3.73. The highest BCUT2D eigenvalue weighted by Gasteiger charge is 2.38. The normalized spacial score (nSPS) is 27.4. The van der Waals surface area contributed by atoms with Crippen LogP contribution in [0.2, 0.25) is 0 Å². The van der Waals surface area contributed by atoms with Crippen molar-refractivity contribution >= 4 is 0 Å². The second-order valence-electron chi connectivity index (χ2n) is 4.00. The van der Waals surface area contributed by atoms with Crippen molar-refractivity contribution < 1.29 is 0 Å². The van der Waals surface area contributed by atoms with Crippen LogP contribution in [0.25, 0.3) is 0 Å². The highest BCUT2D eigenvalue weighted by Crippen LogP contribution is 2.51. The lowest BCUT2D eigenvalue weighted by Gasteiger charge is -1.95. The summed E-state index contributed by atoms with van der Waals surface area (Å²) in [6.07, 6.45) is 3.71. The van der Waals surface area contributed by atoms with Gasteiger partial charge in [-0.3, -0.25) is 0 Å². The van der Waals surface area contributed by atoms with Crippen LogP contribution in [-0.2, 0) is 0 Å². The van der Waals surface area contributed by atoms with Crippen molar-refractivity contribution in [2.45, 2.75) is 34.1 Å². The van der Waals surface area contributed by atoms with Gasteiger partial charge in [0.1, 0.15) is 0 Å². The lowest BCUT2D eigenvalue weighted by molar-refractivity contribution is 0.681. The Morgan fingerprint density at radius 2 is 1.89 bits per heavy atom. The van der Waals surface area contributed by atoms with E-state index in [-0.39, 0.29) is 0 Å². The molecule has 0 heterocycles. The van der Waals surface area contributed by atoms with Gasteiger partial charge in [-0.2, -0.15) is 0 Å². The van der Waals surface area contributed by atoms with E-state index >= 15 is 0 Å². The van der Waals surface area contributed by atoms with E-state index in [2.05, 4.69) is 33.8 Å². The molecule has 1 fully saturated rings. The zero-order valence-electron chi connectivity index (χ0n) is 6.86. The van der Waals surface area contributed by atoms with Crippen LogP contribution in [0.5, 0.6) is 0 Å². The van der Waals surface area contributed by atoms with E-state index in [0.717, 1.165) is 5.92 Å². The SMILES string of the molecule is CC(C)C=C1CC1(C)C. The predicted octanol–water partition coefficient (Wildman–Crippen LogP) is 3.00. The number of hydrogen-bond acceptors (Lipinski definition) is 0. The van der Waals surface area contributed by atoms with Gasteiger partial charge in [0.2, 0.25) is 0 Å². The molecular weight excluding hydrogens is 108 g/mol. The topological polar surface area (TPSA) is 0 Å². The van der Waals surface area contributed by atoms with Gasteiger partial charge in [-0.05, 0) is 17.8 Å². The summed E-state index contributed by atoms with van der Waals surface area (Å²) in [4.78, 5) is 0. The molecule has 9 heavy (non-hydrogen) atoms. The first-order valence-electron chi connectivity index (χ1n) is 3.73. The zero-order valence-corrected chi connectivity index (χ0v) is 6.86. The fraction of sp³-hybridized carbons (Fsp3) is 0.778. The van der Waals surface area contributed by atoms with Crippen LogP contribution >= 0.6 is 0 Å². The van der Waals surface area contributed by atoms with Crippen LogP contribution in [0.15, 0.2) is 11.6 Å². The molecule has 1 aliphatic rings. The third-order valence-corrected chi connectivity index (χ3v) is 1.91. The summed E-state index contributed by atoms with van der Waals surface area (Å²) in [6, 6.07) is 0. The van der Waals surface area contributed by atoms with E-state index in [1.54, 1.807) is 5.57 Å². The molecule has 0 aromatic heterocycles. The van der Waals surface area contributed by atoms with Crippen LogP contribution in [0, 0.1) is 11.3 Å². The lowest BCUT2D eigenvalue weighted by atomic mass is 10.1. The van der Waals surface area contributed by atoms with E-state index in [0.29, 0.717) is 5.41 Å². The second kappa shape index (κ2) is 1.86. The van der Waals surface area contributed by atoms with E-state index in [4.69, 9.17) is 0 Å². The van der Waals surface area contributed by atoms with E-state index in [1.807, 2.05) is 0 Å². The summed E-state index contributed by atoms with van der Waals surface area (Å²) in [5, 5.41) is 0. The van der Waals surface area contributed by atoms with Gasteiger partial charge in [-0.25, -0.2) is 0 Å². The molecule has 1 saturated carbocycles. The minimum Gasteiger partial charge on any atom is -0.0822 e. The summed E-state index contributed by atoms with van der Waals surface area (Å²) in [7, 11) is 0. The molecule has 0 unspecified atom stereocenters. The minimum absolute atomic E-state index is 0.560. The van der Waals surface area contributed by atoms with Crippen molar-refractivity contribution in [2.24, 2.45) is 11.3 Å². The number of hydrogen-bond donors (Lipinski definition) is 0. The van der Waals surface area contributed by atoms with E-state index in [1.165, 1.54) is 6.42 Å². The van der Waals surface area contributed by atoms with Gasteiger partial charge in [-0.15, -0.1) is 0 Å². The molecule has 1 rings (SSSR count). The Hall–Kier alpha value is -0.260. The van der Waals surface area contributed by atoms with Gasteiger partial charge < -0.3 is 0 Å². The first kappa shape index (κ1) is 6.85. The molecular formula is C9H16. The highest BCUT2D eigenvalue weighted by atomic mass is 14.4. The monoisotopic (exact) mass is 124 g/mol. The van der Waals surface area contributed by atoms with Gasteiger partial charge in [0.05, 0.1) is 0 Å². The van der Waals surface area contributed by atoms with E-state index < -0.39 is 0 Å². The number of allylic oxidation sites excluding steroid dienone is 2. The quantitative estimate of drug-likeness (QED) is 0.471. The smallest absolute Gasteiger partial charge is 0.0107 e. The molecule has 52 valence electrons. The third kappa shape index (κ3) is 1.57. The molecule has 0 atom stereocenters. The molecule has 1 aliphatic carbocycles. The maximum atomic E-state index is 2.39. The van der Waals surface area contributed by atoms with Crippen LogP contribution in [0.4, 0.5) is 0 Å². The molecule has 0 saturated heterocycles. The second-order valence-corrected chi connectivity index (χ2v) is 4.00. The standard InChI is InChI=1S/C9H16/c1-7(2)5-8-6-9(8,3)4/h5,7H,6H2,1-4H3. The van der Waals surface area contributed by atoms with Crippen LogP contribution in [0.3, 0.4) is 0 Å². The van der Waals surface area contributed by atoms with Gasteiger partial charge in [0, 0.05) is 0 Å². The van der Waals surface area contributed by atoms with Crippen molar-refractivity contribution in [1.29, 1.82) is 0 Å². The molecule has 0 N–H and O–H groups in total. The molecule has 0 bridgehead atoms. The fourth-order valence-corrected chi connectivity index (χ4v) is 1.12. The summed E-state index contributed by atoms with van der Waals surface area (Å²) < 4.78 is 0. The Morgan fingerprint density at radius 3 is 2.00 bits per heavy atom. The Bertz CT molecular complexity index is 138. The molecule has 0 spiro atoms. The Balaban J connectivity index is 2.50. The van der Waals surface area contributed by atoms with Gasteiger partial charge in [0.25, 0.3) is 0 Å². The summed E-state index contributed by atoms with van der Waals surface area (Å²) >= 11 is 0. The zero-order chi connectivity index (χ0) is 7.07. The van der Waals surface area contributed by atoms with Crippen molar-refractivity contribution in [3.8, 4) is 0 Å². The molecule has 0 heteroatoms. The summed E-state index contributed by atoms with van der Waals surface area (Å²) in [6.45, 7) is 9.09. The Kier molecular flexibility index (Phi) is 1.42. The average Bonchev–Trinajstić information content (AvgIpc) is 2.10. The number of rotatable bonds is 1. The molecule has 0 nitrogen and oxygen atoms in total. The Morgan fingerprint density at radius 1 is 1.44 bits per heavy atom. The predicted molar refractivity (Wildman–Crippen MR) is 41.3 cm³/mol. The molecule has 0 aromatic carbocycles. The molecule has 0 amide bonds. The summed E-state index contributed by atoms with van der Waals surface area (Å²) in [5.41, 5.74) is 2.21. The van der Waals surface area contributed by atoms with Crippen molar-refractivity contribution in [1.82, 2.24) is 0 Å². The van der Waals surface area contributed by atoms with Gasteiger partial charge in [-0.1, -0.05) is 39.3 Å². The molecule has 0 aromatic rings. The fourth-order valence-electron chi connectivity index (χ4n) is 1.12. The highest BCUT2D eigenvalue weighted by molar-refractivity contribution is 5.29. The maximum absolute atomic E-state index is 2.39. The average molecular weight is 124 g/mol. The van der Waals surface area contributed by atoms with Crippen LogP contribution < -0.4 is 0 Å². The molecule has 0 radical (unpaired) electrons.